The average Bonchev–Trinajstić information content (AvgIpc) is 2.69. The molecule has 2 amide bonds. The van der Waals surface area contributed by atoms with Crippen LogP contribution in [0, 0.1) is 12.7 Å². The lowest BCUT2D eigenvalue weighted by atomic mass is 10.1. The van der Waals surface area contributed by atoms with E-state index in [1.54, 1.807) is 29.2 Å². The number of aryl methyl sites for hydroxylation is 1. The van der Waals surface area contributed by atoms with Crippen LogP contribution in [0.4, 0.5) is 4.39 Å². The summed E-state index contributed by atoms with van der Waals surface area (Å²) < 4.78 is 13.8. The van der Waals surface area contributed by atoms with Crippen LogP contribution < -0.4 is 5.32 Å². The molecule has 3 rings (SSSR count). The number of amides is 2. The molecule has 0 aromatic heterocycles. The van der Waals surface area contributed by atoms with E-state index in [0.717, 1.165) is 5.56 Å². The normalized spacial score (nSPS) is 14.8. The van der Waals surface area contributed by atoms with Gasteiger partial charge in [-0.15, -0.1) is 0 Å². The molecule has 5 nitrogen and oxygen atoms in total. The number of carbonyl (C=O) groups excluding carboxylic acids is 2. The minimum absolute atomic E-state index is 0.0139. The van der Waals surface area contributed by atoms with E-state index in [9.17, 15) is 14.0 Å². The molecule has 2 aromatic rings. The molecule has 0 spiro atoms. The molecule has 142 valence electrons. The number of nitrogens with zero attached hydrogens (tertiary/aromatic N) is 2. The van der Waals surface area contributed by atoms with Gasteiger partial charge in [-0.1, -0.05) is 35.9 Å². The van der Waals surface area contributed by atoms with Crippen LogP contribution in [0.1, 0.15) is 21.5 Å². The third kappa shape index (κ3) is 5.14. The van der Waals surface area contributed by atoms with Crippen molar-refractivity contribution in [2.24, 2.45) is 0 Å². The zero-order chi connectivity index (χ0) is 19.2. The first-order chi connectivity index (χ1) is 13.0. The fourth-order valence-electron chi connectivity index (χ4n) is 3.10. The summed E-state index contributed by atoms with van der Waals surface area (Å²) >= 11 is 0. The van der Waals surface area contributed by atoms with Crippen LogP contribution in [-0.2, 0) is 11.3 Å². The molecule has 0 unspecified atom stereocenters. The lowest BCUT2D eigenvalue weighted by Gasteiger charge is -2.34. The highest BCUT2D eigenvalue weighted by Crippen LogP contribution is 2.12. The molecule has 0 saturated carbocycles. The van der Waals surface area contributed by atoms with Gasteiger partial charge < -0.3 is 10.2 Å². The molecular formula is C21H24FN3O2. The molecule has 1 saturated heterocycles. The Morgan fingerprint density at radius 2 is 1.67 bits per heavy atom. The van der Waals surface area contributed by atoms with Crippen molar-refractivity contribution < 1.29 is 14.0 Å². The number of piperazine rings is 1. The van der Waals surface area contributed by atoms with Crippen LogP contribution in [0.25, 0.3) is 0 Å². The SMILES string of the molecule is Cc1ccc(C(=O)NCC(=O)N2CCN(Cc3ccccc3F)CC2)cc1. The number of halogens is 1. The van der Waals surface area contributed by atoms with E-state index in [1.165, 1.54) is 6.07 Å². The number of rotatable bonds is 5. The molecule has 0 radical (unpaired) electrons. The summed E-state index contributed by atoms with van der Waals surface area (Å²) in [5, 5.41) is 2.68. The molecular weight excluding hydrogens is 345 g/mol. The second-order valence-corrected chi connectivity index (χ2v) is 6.80. The van der Waals surface area contributed by atoms with Crippen molar-refractivity contribution in [2.75, 3.05) is 32.7 Å². The first kappa shape index (κ1) is 19.0. The summed E-state index contributed by atoms with van der Waals surface area (Å²) in [7, 11) is 0. The number of nitrogens with one attached hydrogen (secondary N) is 1. The van der Waals surface area contributed by atoms with Crippen molar-refractivity contribution >= 4 is 11.8 Å². The zero-order valence-electron chi connectivity index (χ0n) is 15.5. The smallest absolute Gasteiger partial charge is 0.251 e. The molecule has 1 heterocycles. The van der Waals surface area contributed by atoms with Crippen molar-refractivity contribution in [3.63, 3.8) is 0 Å². The Kier molecular flexibility index (Phi) is 6.19. The maximum Gasteiger partial charge on any atom is 0.251 e. The molecule has 1 N–H and O–H groups in total. The summed E-state index contributed by atoms with van der Waals surface area (Å²) in [6, 6.07) is 14.0. The van der Waals surface area contributed by atoms with Crippen molar-refractivity contribution in [2.45, 2.75) is 13.5 Å². The largest absolute Gasteiger partial charge is 0.343 e. The van der Waals surface area contributed by atoms with Gasteiger partial charge in [0.2, 0.25) is 5.91 Å². The van der Waals surface area contributed by atoms with Crippen molar-refractivity contribution in [1.82, 2.24) is 15.1 Å². The Labute approximate surface area is 158 Å². The topological polar surface area (TPSA) is 52.7 Å². The van der Waals surface area contributed by atoms with E-state index in [2.05, 4.69) is 10.2 Å². The first-order valence-corrected chi connectivity index (χ1v) is 9.11. The number of hydrogen-bond acceptors (Lipinski definition) is 3. The average molecular weight is 369 g/mol. The minimum atomic E-state index is -0.249. The molecule has 6 heteroatoms. The highest BCUT2D eigenvalue weighted by Gasteiger charge is 2.22. The summed E-state index contributed by atoms with van der Waals surface area (Å²) in [4.78, 5) is 28.3. The van der Waals surface area contributed by atoms with E-state index in [0.29, 0.717) is 43.9 Å². The standard InChI is InChI=1S/C21H24FN3O2/c1-16-6-8-17(9-7-16)21(27)23-14-20(26)25-12-10-24(11-13-25)15-18-4-2-3-5-19(18)22/h2-9H,10-15H2,1H3,(H,23,27). The second kappa shape index (κ2) is 8.77. The van der Waals surface area contributed by atoms with E-state index in [4.69, 9.17) is 0 Å². The van der Waals surface area contributed by atoms with Gasteiger partial charge in [0.15, 0.2) is 0 Å². The summed E-state index contributed by atoms with van der Waals surface area (Å²) in [6.07, 6.45) is 0. The molecule has 0 bridgehead atoms. The molecule has 2 aromatic carbocycles. The van der Waals surface area contributed by atoms with Crippen LogP contribution in [0.5, 0.6) is 0 Å². The predicted molar refractivity (Wildman–Crippen MR) is 102 cm³/mol. The van der Waals surface area contributed by atoms with Gasteiger partial charge >= 0.3 is 0 Å². The molecule has 1 fully saturated rings. The molecule has 0 atom stereocenters. The van der Waals surface area contributed by atoms with Crippen molar-refractivity contribution in [3.05, 3.63) is 71.0 Å². The van der Waals surface area contributed by atoms with E-state index in [-0.39, 0.29) is 24.2 Å². The van der Waals surface area contributed by atoms with Gasteiger partial charge in [0.1, 0.15) is 5.82 Å². The predicted octanol–water partition coefficient (Wildman–Crippen LogP) is 2.21. The Balaban J connectivity index is 1.44. The van der Waals surface area contributed by atoms with Crippen molar-refractivity contribution in [1.29, 1.82) is 0 Å². The summed E-state index contributed by atoms with van der Waals surface area (Å²) in [5.74, 6) is -0.544. The summed E-state index contributed by atoms with van der Waals surface area (Å²) in [6.45, 7) is 5.01. The maximum absolute atomic E-state index is 13.8. The molecule has 1 aliphatic rings. The fourth-order valence-corrected chi connectivity index (χ4v) is 3.10. The quantitative estimate of drug-likeness (QED) is 0.879. The molecule has 1 aliphatic heterocycles. The van der Waals surface area contributed by atoms with E-state index < -0.39 is 0 Å². The highest BCUT2D eigenvalue weighted by atomic mass is 19.1. The van der Waals surface area contributed by atoms with Crippen LogP contribution in [0.2, 0.25) is 0 Å². The second-order valence-electron chi connectivity index (χ2n) is 6.80. The third-order valence-electron chi connectivity index (χ3n) is 4.79. The molecule has 0 aliphatic carbocycles. The highest BCUT2D eigenvalue weighted by molar-refractivity contribution is 5.96. The molecule has 27 heavy (non-hydrogen) atoms. The fraction of sp³-hybridized carbons (Fsp3) is 0.333. The maximum atomic E-state index is 13.8. The Bertz CT molecular complexity index is 799. The Morgan fingerprint density at radius 1 is 1.00 bits per heavy atom. The number of benzene rings is 2. The van der Waals surface area contributed by atoms with Crippen LogP contribution in [-0.4, -0.2) is 54.3 Å². The van der Waals surface area contributed by atoms with Crippen LogP contribution >= 0.6 is 0 Å². The summed E-state index contributed by atoms with van der Waals surface area (Å²) in [5.41, 5.74) is 2.29. The van der Waals surface area contributed by atoms with Crippen LogP contribution in [0.15, 0.2) is 48.5 Å². The number of hydrogen-bond donors (Lipinski definition) is 1. The number of carbonyl (C=O) groups is 2. The van der Waals surface area contributed by atoms with Gasteiger partial charge in [0.25, 0.3) is 5.91 Å². The van der Waals surface area contributed by atoms with Gasteiger partial charge in [0.05, 0.1) is 6.54 Å². The third-order valence-corrected chi connectivity index (χ3v) is 4.79. The lowest BCUT2D eigenvalue weighted by Crippen LogP contribution is -2.50. The lowest BCUT2D eigenvalue weighted by molar-refractivity contribution is -0.131. The van der Waals surface area contributed by atoms with Crippen LogP contribution in [0.3, 0.4) is 0 Å². The monoisotopic (exact) mass is 369 g/mol. The van der Waals surface area contributed by atoms with E-state index in [1.807, 2.05) is 25.1 Å². The Hall–Kier alpha value is -2.73. The minimum Gasteiger partial charge on any atom is -0.343 e. The van der Waals surface area contributed by atoms with E-state index >= 15 is 0 Å². The Morgan fingerprint density at radius 3 is 2.33 bits per heavy atom. The van der Waals surface area contributed by atoms with Gasteiger partial charge in [-0.2, -0.15) is 0 Å². The van der Waals surface area contributed by atoms with Gasteiger partial charge in [-0.3, -0.25) is 14.5 Å². The first-order valence-electron chi connectivity index (χ1n) is 9.11. The zero-order valence-corrected chi connectivity index (χ0v) is 15.5. The van der Waals surface area contributed by atoms with Crippen molar-refractivity contribution in [3.8, 4) is 0 Å². The van der Waals surface area contributed by atoms with Gasteiger partial charge in [-0.05, 0) is 25.1 Å². The van der Waals surface area contributed by atoms with Gasteiger partial charge in [0, 0.05) is 43.9 Å². The van der Waals surface area contributed by atoms with Gasteiger partial charge in [-0.25, -0.2) is 4.39 Å².